The van der Waals surface area contributed by atoms with Crippen molar-refractivity contribution in [2.45, 2.75) is 17.3 Å². The summed E-state index contributed by atoms with van der Waals surface area (Å²) in [6.45, 7) is 0.613. The molecule has 1 amide bonds. The van der Waals surface area contributed by atoms with Gasteiger partial charge >= 0.3 is 0 Å². The quantitative estimate of drug-likeness (QED) is 0.436. The number of hydrogen-bond donors (Lipinski definition) is 1. The number of hydrogen-bond acceptors (Lipinski definition) is 8. The summed E-state index contributed by atoms with van der Waals surface area (Å²) in [6.07, 6.45) is 3.61. The lowest BCUT2D eigenvalue weighted by molar-refractivity contribution is -0.120. The molecule has 1 aliphatic rings. The zero-order valence-electron chi connectivity index (χ0n) is 15.3. The van der Waals surface area contributed by atoms with E-state index < -0.39 is 0 Å². The number of benzene rings is 1. The van der Waals surface area contributed by atoms with Crippen molar-refractivity contribution in [3.63, 3.8) is 0 Å². The maximum absolute atomic E-state index is 12.4. The molecule has 0 bridgehead atoms. The number of carbonyl (C=O) groups is 2. The maximum Gasteiger partial charge on any atom is 0.231 e. The molecule has 29 heavy (non-hydrogen) atoms. The second kappa shape index (κ2) is 9.06. The van der Waals surface area contributed by atoms with Crippen LogP contribution in [0.25, 0.3) is 0 Å². The van der Waals surface area contributed by atoms with E-state index >= 15 is 0 Å². The van der Waals surface area contributed by atoms with E-state index in [1.807, 2.05) is 17.5 Å². The molecule has 1 N–H and O–H groups in total. The number of amides is 1. The van der Waals surface area contributed by atoms with Crippen LogP contribution in [0.1, 0.15) is 21.6 Å². The van der Waals surface area contributed by atoms with E-state index in [4.69, 9.17) is 9.47 Å². The van der Waals surface area contributed by atoms with Crippen LogP contribution < -0.4 is 14.8 Å². The minimum atomic E-state index is -0.105. The first-order valence-electron chi connectivity index (χ1n) is 8.83. The number of pyridine rings is 1. The number of aromatic nitrogens is 2. The third-order valence-corrected chi connectivity index (χ3v) is 6.18. The first-order valence-corrected chi connectivity index (χ1v) is 10.7. The topological polar surface area (TPSA) is 90.4 Å². The third kappa shape index (κ3) is 5.12. The number of rotatable bonds is 8. The van der Waals surface area contributed by atoms with Crippen molar-refractivity contribution < 1.29 is 19.1 Å². The Labute approximate surface area is 175 Å². The van der Waals surface area contributed by atoms with Crippen LogP contribution in [-0.4, -0.2) is 34.2 Å². The van der Waals surface area contributed by atoms with E-state index in [0.717, 1.165) is 9.90 Å². The normalized spacial score (nSPS) is 12.0. The van der Waals surface area contributed by atoms with Gasteiger partial charge in [-0.3, -0.25) is 14.6 Å². The van der Waals surface area contributed by atoms with Crippen molar-refractivity contribution >= 4 is 34.8 Å². The number of ketones is 1. The summed E-state index contributed by atoms with van der Waals surface area (Å²) < 4.78 is 11.3. The van der Waals surface area contributed by atoms with Crippen LogP contribution in [-0.2, 0) is 17.8 Å². The molecule has 0 saturated heterocycles. The molecule has 3 aromatic rings. The Balaban J connectivity index is 1.25. The number of carbonyl (C=O) groups excluding carboxylic acids is 2. The largest absolute Gasteiger partial charge is 0.454 e. The van der Waals surface area contributed by atoms with Crippen molar-refractivity contribution in [1.82, 2.24) is 15.3 Å². The molecular formula is C20H17N3O4S2. The van der Waals surface area contributed by atoms with Gasteiger partial charge in [0.1, 0.15) is 0 Å². The molecule has 148 valence electrons. The van der Waals surface area contributed by atoms with Crippen LogP contribution in [0.5, 0.6) is 11.5 Å². The fourth-order valence-electron chi connectivity index (χ4n) is 2.65. The third-order valence-electron chi connectivity index (χ3n) is 4.11. The molecule has 0 atom stereocenters. The van der Waals surface area contributed by atoms with E-state index in [9.17, 15) is 9.59 Å². The van der Waals surface area contributed by atoms with Gasteiger partial charge in [-0.2, -0.15) is 0 Å². The second-order valence-corrected chi connectivity index (χ2v) is 8.28. The maximum atomic E-state index is 12.4. The summed E-state index contributed by atoms with van der Waals surface area (Å²) in [6, 6.07) is 8.91. The predicted octanol–water partition coefficient (Wildman–Crippen LogP) is 3.10. The Kier molecular flexibility index (Phi) is 6.06. The summed E-state index contributed by atoms with van der Waals surface area (Å²) in [7, 11) is 0. The fraction of sp³-hybridized carbons (Fsp3) is 0.200. The molecule has 1 aliphatic heterocycles. The van der Waals surface area contributed by atoms with Gasteiger partial charge < -0.3 is 14.8 Å². The van der Waals surface area contributed by atoms with Crippen LogP contribution in [0.15, 0.2) is 52.4 Å². The molecule has 2 aromatic heterocycles. The molecule has 0 radical (unpaired) electrons. The van der Waals surface area contributed by atoms with Crippen molar-refractivity contribution in [2.24, 2.45) is 0 Å². The molecule has 3 heterocycles. The summed E-state index contributed by atoms with van der Waals surface area (Å²) >= 11 is 2.79. The van der Waals surface area contributed by atoms with Gasteiger partial charge in [-0.1, -0.05) is 17.8 Å². The van der Waals surface area contributed by atoms with Gasteiger partial charge in [0.05, 0.1) is 17.9 Å². The van der Waals surface area contributed by atoms with Gasteiger partial charge in [-0.15, -0.1) is 11.3 Å². The van der Waals surface area contributed by atoms with Gasteiger partial charge in [-0.05, 0) is 29.8 Å². The van der Waals surface area contributed by atoms with E-state index in [-0.39, 0.29) is 30.7 Å². The lowest BCUT2D eigenvalue weighted by Crippen LogP contribution is -2.24. The van der Waals surface area contributed by atoms with E-state index in [0.29, 0.717) is 29.3 Å². The number of nitrogens with one attached hydrogen (secondary N) is 1. The Bertz CT molecular complexity index is 1020. The summed E-state index contributed by atoms with van der Waals surface area (Å²) in [4.78, 5) is 33.0. The molecule has 0 unspecified atom stereocenters. The average Bonchev–Trinajstić information content (AvgIpc) is 3.40. The van der Waals surface area contributed by atoms with Gasteiger partial charge in [0.15, 0.2) is 21.6 Å². The lowest BCUT2D eigenvalue weighted by Gasteiger charge is -2.03. The van der Waals surface area contributed by atoms with Gasteiger partial charge in [0.2, 0.25) is 12.7 Å². The van der Waals surface area contributed by atoms with Crippen LogP contribution in [0.3, 0.4) is 0 Å². The molecule has 0 aliphatic carbocycles. The summed E-state index contributed by atoms with van der Waals surface area (Å²) in [5.74, 6) is 1.39. The molecule has 4 rings (SSSR count). The number of thioether (sulfide) groups is 1. The standard InChI is InChI=1S/C20H17N3O4S2/c24-16(14-3-4-17-18(6-14)27-12-26-17)11-29-20-23-15(10-28-20)7-19(25)22-9-13-2-1-5-21-8-13/h1-6,8,10H,7,9,11-12H2,(H,22,25). The van der Waals surface area contributed by atoms with Gasteiger partial charge in [0.25, 0.3) is 0 Å². The number of Topliss-reactive ketones (excluding diaryl/α,β-unsaturated/α-hetero) is 1. The monoisotopic (exact) mass is 427 g/mol. The zero-order chi connectivity index (χ0) is 20.1. The molecule has 7 nitrogen and oxygen atoms in total. The molecule has 0 fully saturated rings. The average molecular weight is 428 g/mol. The van der Waals surface area contributed by atoms with Crippen molar-refractivity contribution in [2.75, 3.05) is 12.5 Å². The van der Waals surface area contributed by atoms with Crippen LogP contribution in [0, 0.1) is 0 Å². The highest BCUT2D eigenvalue weighted by Gasteiger charge is 2.17. The van der Waals surface area contributed by atoms with E-state index in [1.165, 1.54) is 23.1 Å². The smallest absolute Gasteiger partial charge is 0.231 e. The number of ether oxygens (including phenoxy) is 2. The first-order chi connectivity index (χ1) is 14.2. The SMILES string of the molecule is O=C(Cc1csc(SCC(=O)c2ccc3c(c2)OCO3)n1)NCc1cccnc1. The summed E-state index contributed by atoms with van der Waals surface area (Å²) in [5, 5.41) is 4.70. The van der Waals surface area contributed by atoms with Crippen LogP contribution >= 0.6 is 23.1 Å². The lowest BCUT2D eigenvalue weighted by atomic mass is 10.1. The Morgan fingerprint density at radius 1 is 1.21 bits per heavy atom. The summed E-state index contributed by atoms with van der Waals surface area (Å²) in [5.41, 5.74) is 2.21. The Morgan fingerprint density at radius 2 is 2.10 bits per heavy atom. The molecule has 0 spiro atoms. The van der Waals surface area contributed by atoms with Crippen molar-refractivity contribution in [3.05, 3.63) is 64.9 Å². The highest BCUT2D eigenvalue weighted by molar-refractivity contribution is 8.01. The van der Waals surface area contributed by atoms with E-state index in [2.05, 4.69) is 15.3 Å². The van der Waals surface area contributed by atoms with Crippen molar-refractivity contribution in [3.8, 4) is 11.5 Å². The molecule has 9 heteroatoms. The highest BCUT2D eigenvalue weighted by Crippen LogP contribution is 2.33. The number of nitrogens with zero attached hydrogens (tertiary/aromatic N) is 2. The fourth-order valence-corrected chi connectivity index (χ4v) is 4.39. The van der Waals surface area contributed by atoms with Crippen LogP contribution in [0.4, 0.5) is 0 Å². The van der Waals surface area contributed by atoms with Crippen LogP contribution in [0.2, 0.25) is 0 Å². The molecule has 0 saturated carbocycles. The zero-order valence-corrected chi connectivity index (χ0v) is 16.9. The van der Waals surface area contributed by atoms with Crippen molar-refractivity contribution in [1.29, 1.82) is 0 Å². The number of fused-ring (bicyclic) bond motifs is 1. The predicted molar refractivity (Wildman–Crippen MR) is 110 cm³/mol. The Hall–Kier alpha value is -2.91. The first kappa shape index (κ1) is 19.4. The van der Waals surface area contributed by atoms with E-state index in [1.54, 1.807) is 30.6 Å². The Morgan fingerprint density at radius 3 is 2.97 bits per heavy atom. The molecule has 1 aromatic carbocycles. The van der Waals surface area contributed by atoms with Gasteiger partial charge in [0, 0.05) is 29.9 Å². The molecular weight excluding hydrogens is 410 g/mol. The number of thiazole rings is 1. The highest BCUT2D eigenvalue weighted by atomic mass is 32.2. The minimum absolute atomic E-state index is 0.0146. The van der Waals surface area contributed by atoms with Gasteiger partial charge in [-0.25, -0.2) is 4.98 Å². The second-order valence-electron chi connectivity index (χ2n) is 6.20. The minimum Gasteiger partial charge on any atom is -0.454 e.